The van der Waals surface area contributed by atoms with Gasteiger partial charge in [-0.05, 0) is 106 Å². The lowest BCUT2D eigenvalue weighted by atomic mass is 9.68. The number of rotatable bonds is 8. The van der Waals surface area contributed by atoms with Crippen LogP contribution in [0, 0.1) is 29.4 Å². The largest absolute Gasteiger partial charge is 0.377 e. The van der Waals surface area contributed by atoms with Gasteiger partial charge in [-0.15, -0.1) is 0 Å². The third kappa shape index (κ3) is 6.13. The summed E-state index contributed by atoms with van der Waals surface area (Å²) in [7, 11) is 0. The summed E-state index contributed by atoms with van der Waals surface area (Å²) < 4.78 is 34.0. The first-order valence-electron chi connectivity index (χ1n) is 11.8. The highest BCUT2D eigenvalue weighted by molar-refractivity contribution is 5.28. The first-order valence-corrected chi connectivity index (χ1v) is 11.8. The summed E-state index contributed by atoms with van der Waals surface area (Å²) in [5.41, 5.74) is 0.900. The molecular weight excluding hydrogens is 366 g/mol. The second-order valence-electron chi connectivity index (χ2n) is 9.10. The maximum atomic E-state index is 14.4. The molecule has 1 aromatic rings. The van der Waals surface area contributed by atoms with E-state index in [4.69, 9.17) is 4.74 Å². The molecule has 3 heteroatoms. The Morgan fingerprint density at radius 3 is 2.03 bits per heavy atom. The Morgan fingerprint density at radius 2 is 1.48 bits per heavy atom. The second kappa shape index (κ2) is 11.2. The molecule has 0 heterocycles. The minimum absolute atomic E-state index is 0.0114. The van der Waals surface area contributed by atoms with E-state index in [-0.39, 0.29) is 12.2 Å². The molecule has 0 amide bonds. The summed E-state index contributed by atoms with van der Waals surface area (Å²) in [5, 5.41) is 0. The SMILES string of the molecule is CCC/C=C/C1CCC(C2CCC(c3cc(F)c(COCC)c(F)c3)CC2)CC1. The molecule has 0 aromatic heterocycles. The first-order chi connectivity index (χ1) is 14.1. The molecular formula is C26H38F2O. The van der Waals surface area contributed by atoms with Gasteiger partial charge in [0.2, 0.25) is 0 Å². The van der Waals surface area contributed by atoms with Gasteiger partial charge in [0.05, 0.1) is 6.61 Å². The molecule has 0 N–H and O–H groups in total. The molecule has 2 saturated carbocycles. The summed E-state index contributed by atoms with van der Waals surface area (Å²) in [4.78, 5) is 0. The minimum Gasteiger partial charge on any atom is -0.377 e. The van der Waals surface area contributed by atoms with Crippen LogP contribution in [0.15, 0.2) is 24.3 Å². The van der Waals surface area contributed by atoms with Gasteiger partial charge in [0.25, 0.3) is 0 Å². The summed E-state index contributed by atoms with van der Waals surface area (Å²) in [6.45, 7) is 4.53. The highest BCUT2D eigenvalue weighted by Gasteiger charge is 2.31. The molecule has 0 unspecified atom stereocenters. The van der Waals surface area contributed by atoms with E-state index in [2.05, 4.69) is 19.1 Å². The minimum atomic E-state index is -0.454. The van der Waals surface area contributed by atoms with Crippen molar-refractivity contribution in [2.45, 2.75) is 90.6 Å². The number of allylic oxidation sites excluding steroid dienone is 2. The van der Waals surface area contributed by atoms with Crippen LogP contribution in [0.5, 0.6) is 0 Å². The van der Waals surface area contributed by atoms with Crippen LogP contribution in [0.4, 0.5) is 8.78 Å². The normalized spacial score (nSPS) is 28.1. The van der Waals surface area contributed by atoms with Gasteiger partial charge < -0.3 is 4.74 Å². The number of unbranched alkanes of at least 4 members (excludes halogenated alkanes) is 1. The lowest BCUT2D eigenvalue weighted by molar-refractivity contribution is 0.128. The molecule has 0 bridgehead atoms. The molecule has 0 atom stereocenters. The molecule has 2 fully saturated rings. The zero-order valence-corrected chi connectivity index (χ0v) is 18.3. The van der Waals surface area contributed by atoms with Crippen molar-refractivity contribution in [2.24, 2.45) is 17.8 Å². The fourth-order valence-corrected chi connectivity index (χ4v) is 5.39. The summed E-state index contributed by atoms with van der Waals surface area (Å²) in [5.74, 6) is 1.84. The van der Waals surface area contributed by atoms with Gasteiger partial charge in [-0.25, -0.2) is 8.78 Å². The van der Waals surface area contributed by atoms with E-state index in [0.717, 1.165) is 36.2 Å². The van der Waals surface area contributed by atoms with E-state index in [1.807, 2.05) is 6.92 Å². The van der Waals surface area contributed by atoms with Crippen molar-refractivity contribution in [3.63, 3.8) is 0 Å². The van der Waals surface area contributed by atoms with Crippen LogP contribution >= 0.6 is 0 Å². The van der Waals surface area contributed by atoms with Crippen LogP contribution < -0.4 is 0 Å². The van der Waals surface area contributed by atoms with E-state index in [9.17, 15) is 8.78 Å². The smallest absolute Gasteiger partial charge is 0.131 e. The fraction of sp³-hybridized carbons (Fsp3) is 0.692. The van der Waals surface area contributed by atoms with E-state index < -0.39 is 11.6 Å². The molecule has 0 spiro atoms. The van der Waals surface area contributed by atoms with E-state index in [0.29, 0.717) is 12.5 Å². The van der Waals surface area contributed by atoms with Gasteiger partial charge in [-0.2, -0.15) is 0 Å². The predicted octanol–water partition coefficient (Wildman–Crippen LogP) is 7.94. The van der Waals surface area contributed by atoms with Gasteiger partial charge in [0, 0.05) is 12.2 Å². The number of benzene rings is 1. The Labute approximate surface area is 175 Å². The van der Waals surface area contributed by atoms with Crippen LogP contribution in [0.1, 0.15) is 95.1 Å². The Balaban J connectivity index is 1.50. The van der Waals surface area contributed by atoms with Gasteiger partial charge in [-0.1, -0.05) is 25.5 Å². The number of hydrogen-bond acceptors (Lipinski definition) is 1. The molecule has 162 valence electrons. The van der Waals surface area contributed by atoms with Crippen LogP contribution in [-0.2, 0) is 11.3 Å². The summed E-state index contributed by atoms with van der Waals surface area (Å²) in [6.07, 6.45) is 17.2. The molecule has 0 radical (unpaired) electrons. The predicted molar refractivity (Wildman–Crippen MR) is 116 cm³/mol. The molecule has 2 aliphatic carbocycles. The van der Waals surface area contributed by atoms with Crippen molar-refractivity contribution in [3.8, 4) is 0 Å². The fourth-order valence-electron chi connectivity index (χ4n) is 5.39. The van der Waals surface area contributed by atoms with Crippen LogP contribution in [0.3, 0.4) is 0 Å². The Bertz CT molecular complexity index is 630. The second-order valence-corrected chi connectivity index (χ2v) is 9.10. The van der Waals surface area contributed by atoms with Crippen molar-refractivity contribution in [1.82, 2.24) is 0 Å². The van der Waals surface area contributed by atoms with Crippen LogP contribution in [0.2, 0.25) is 0 Å². The highest BCUT2D eigenvalue weighted by Crippen LogP contribution is 2.44. The first kappa shape index (κ1) is 22.5. The average Bonchev–Trinajstić information content (AvgIpc) is 2.74. The number of ether oxygens (including phenoxy) is 1. The van der Waals surface area contributed by atoms with Crippen molar-refractivity contribution < 1.29 is 13.5 Å². The zero-order valence-electron chi connectivity index (χ0n) is 18.3. The van der Waals surface area contributed by atoms with Crippen LogP contribution in [-0.4, -0.2) is 6.61 Å². The number of hydrogen-bond donors (Lipinski definition) is 0. The van der Waals surface area contributed by atoms with E-state index >= 15 is 0 Å². The van der Waals surface area contributed by atoms with Crippen LogP contribution in [0.25, 0.3) is 0 Å². The summed E-state index contributed by atoms with van der Waals surface area (Å²) >= 11 is 0. The summed E-state index contributed by atoms with van der Waals surface area (Å²) in [6, 6.07) is 3.10. The third-order valence-corrected chi connectivity index (χ3v) is 7.20. The van der Waals surface area contributed by atoms with Gasteiger partial charge in [0.15, 0.2) is 0 Å². The Kier molecular flexibility index (Phi) is 8.71. The van der Waals surface area contributed by atoms with Crippen molar-refractivity contribution >= 4 is 0 Å². The van der Waals surface area contributed by atoms with Crippen molar-refractivity contribution in [3.05, 3.63) is 47.0 Å². The molecule has 0 saturated heterocycles. The van der Waals surface area contributed by atoms with Gasteiger partial charge >= 0.3 is 0 Å². The molecule has 2 aliphatic rings. The van der Waals surface area contributed by atoms with Crippen molar-refractivity contribution in [1.29, 1.82) is 0 Å². The van der Waals surface area contributed by atoms with E-state index in [1.54, 1.807) is 12.1 Å². The zero-order chi connectivity index (χ0) is 20.6. The highest BCUT2D eigenvalue weighted by atomic mass is 19.1. The molecule has 29 heavy (non-hydrogen) atoms. The molecule has 1 aromatic carbocycles. The van der Waals surface area contributed by atoms with E-state index in [1.165, 1.54) is 51.4 Å². The Hall–Kier alpha value is -1.22. The lowest BCUT2D eigenvalue weighted by Crippen LogP contribution is -2.25. The Morgan fingerprint density at radius 1 is 0.897 bits per heavy atom. The number of halogens is 2. The average molecular weight is 405 g/mol. The topological polar surface area (TPSA) is 9.23 Å². The third-order valence-electron chi connectivity index (χ3n) is 7.20. The maximum Gasteiger partial charge on any atom is 0.131 e. The molecule has 0 aliphatic heterocycles. The van der Waals surface area contributed by atoms with Gasteiger partial charge in [0.1, 0.15) is 11.6 Å². The monoisotopic (exact) mass is 404 g/mol. The molecule has 3 rings (SSSR count). The standard InChI is InChI=1S/C26H38F2O/c1-3-5-6-7-19-8-10-20(11-9-19)21-12-14-22(15-13-21)23-16-25(27)24(18-29-4-2)26(28)17-23/h6-7,16-17,19-22H,3-5,8-15,18H2,1-2H3/b7-6+. The lowest BCUT2D eigenvalue weighted by Gasteiger charge is -2.37. The molecule has 1 nitrogen and oxygen atoms in total. The van der Waals surface area contributed by atoms with Gasteiger partial charge in [-0.3, -0.25) is 0 Å². The quantitative estimate of drug-likeness (QED) is 0.400. The maximum absolute atomic E-state index is 14.4. The van der Waals surface area contributed by atoms with Crippen molar-refractivity contribution in [2.75, 3.05) is 6.61 Å².